The molecule has 26 heavy (non-hydrogen) atoms. The standard InChI is InChI=1S/C17H18N6O2S/c1-12-19-16(21-25-12)13-4-5-14(18-11-13)22-6-8-23(9-7-22)17(24)20-15-3-2-10-26-15/h2-5,10-11H,6-9H2,1H3,(H,20,24). The Labute approximate surface area is 154 Å². The molecule has 3 aromatic heterocycles. The minimum atomic E-state index is -0.0529. The van der Waals surface area contributed by atoms with Crippen molar-refractivity contribution in [1.29, 1.82) is 0 Å². The smallest absolute Gasteiger partial charge is 0.322 e. The summed E-state index contributed by atoms with van der Waals surface area (Å²) in [6, 6.07) is 7.65. The molecule has 9 heteroatoms. The first-order chi connectivity index (χ1) is 12.7. The van der Waals surface area contributed by atoms with Gasteiger partial charge < -0.3 is 14.3 Å². The van der Waals surface area contributed by atoms with Gasteiger partial charge in [0.2, 0.25) is 11.7 Å². The van der Waals surface area contributed by atoms with E-state index in [0.29, 0.717) is 24.8 Å². The van der Waals surface area contributed by atoms with E-state index in [-0.39, 0.29) is 6.03 Å². The Hall–Kier alpha value is -2.94. The fourth-order valence-electron chi connectivity index (χ4n) is 2.79. The molecule has 1 saturated heterocycles. The van der Waals surface area contributed by atoms with Gasteiger partial charge in [-0.3, -0.25) is 5.32 Å². The van der Waals surface area contributed by atoms with Gasteiger partial charge in [0, 0.05) is 44.9 Å². The first-order valence-electron chi connectivity index (χ1n) is 8.30. The average Bonchev–Trinajstić information content (AvgIpc) is 3.34. The summed E-state index contributed by atoms with van der Waals surface area (Å²) >= 11 is 1.52. The predicted octanol–water partition coefficient (Wildman–Crippen LogP) is 2.86. The van der Waals surface area contributed by atoms with Crippen molar-refractivity contribution < 1.29 is 9.32 Å². The molecule has 0 atom stereocenters. The van der Waals surface area contributed by atoms with Crippen molar-refractivity contribution in [1.82, 2.24) is 20.0 Å². The number of pyridine rings is 1. The lowest BCUT2D eigenvalue weighted by Crippen LogP contribution is -2.50. The second kappa shape index (κ2) is 7.12. The third kappa shape index (κ3) is 3.52. The van der Waals surface area contributed by atoms with Crippen LogP contribution in [-0.2, 0) is 0 Å². The second-order valence-electron chi connectivity index (χ2n) is 5.92. The van der Waals surface area contributed by atoms with Gasteiger partial charge in [0.25, 0.3) is 0 Å². The van der Waals surface area contributed by atoms with Crippen molar-refractivity contribution in [3.05, 3.63) is 41.7 Å². The van der Waals surface area contributed by atoms with E-state index in [1.54, 1.807) is 13.1 Å². The molecule has 0 unspecified atom stereocenters. The number of aromatic nitrogens is 3. The third-order valence-electron chi connectivity index (χ3n) is 4.18. The molecule has 1 N–H and O–H groups in total. The van der Waals surface area contributed by atoms with Crippen molar-refractivity contribution in [3.63, 3.8) is 0 Å². The summed E-state index contributed by atoms with van der Waals surface area (Å²) in [6.07, 6.45) is 1.75. The summed E-state index contributed by atoms with van der Waals surface area (Å²) in [6.45, 7) is 4.55. The van der Waals surface area contributed by atoms with Gasteiger partial charge in [-0.05, 0) is 29.6 Å². The van der Waals surface area contributed by atoms with Crippen LogP contribution in [0.3, 0.4) is 0 Å². The molecule has 0 aliphatic carbocycles. The predicted molar refractivity (Wildman–Crippen MR) is 99.4 cm³/mol. The van der Waals surface area contributed by atoms with Crippen molar-refractivity contribution >= 4 is 28.2 Å². The van der Waals surface area contributed by atoms with E-state index in [2.05, 4.69) is 25.3 Å². The lowest BCUT2D eigenvalue weighted by atomic mass is 10.2. The Morgan fingerprint density at radius 2 is 2.08 bits per heavy atom. The number of hydrogen-bond donors (Lipinski definition) is 1. The maximum absolute atomic E-state index is 12.3. The summed E-state index contributed by atoms with van der Waals surface area (Å²) in [5, 5.41) is 9.63. The van der Waals surface area contributed by atoms with E-state index in [4.69, 9.17) is 4.52 Å². The molecular weight excluding hydrogens is 352 g/mol. The number of anilines is 2. The van der Waals surface area contributed by atoms with Gasteiger partial charge in [-0.2, -0.15) is 4.98 Å². The van der Waals surface area contributed by atoms with Gasteiger partial charge in [0.15, 0.2) is 0 Å². The number of thiophene rings is 1. The number of carbonyl (C=O) groups is 1. The lowest BCUT2D eigenvalue weighted by molar-refractivity contribution is 0.208. The van der Waals surface area contributed by atoms with E-state index in [9.17, 15) is 4.79 Å². The molecule has 1 aliphatic heterocycles. The van der Waals surface area contributed by atoms with E-state index in [1.165, 1.54) is 11.3 Å². The highest BCUT2D eigenvalue weighted by molar-refractivity contribution is 7.14. The van der Waals surface area contributed by atoms with Crippen molar-refractivity contribution in [2.24, 2.45) is 0 Å². The molecule has 1 aliphatic rings. The first kappa shape index (κ1) is 16.5. The summed E-state index contributed by atoms with van der Waals surface area (Å²) in [5.74, 6) is 1.95. The Morgan fingerprint density at radius 1 is 1.23 bits per heavy atom. The highest BCUT2D eigenvalue weighted by Crippen LogP contribution is 2.20. The summed E-state index contributed by atoms with van der Waals surface area (Å²) in [4.78, 5) is 25.0. The van der Waals surface area contributed by atoms with Crippen LogP contribution in [0.5, 0.6) is 0 Å². The molecular formula is C17H18N6O2S. The van der Waals surface area contributed by atoms with E-state index in [0.717, 1.165) is 29.5 Å². The third-order valence-corrected chi connectivity index (χ3v) is 4.96. The number of aryl methyl sites for hydroxylation is 1. The number of carbonyl (C=O) groups excluding carboxylic acids is 1. The molecule has 4 rings (SSSR count). The van der Waals surface area contributed by atoms with Gasteiger partial charge in [-0.25, -0.2) is 9.78 Å². The molecule has 0 spiro atoms. The average molecular weight is 370 g/mol. The van der Waals surface area contributed by atoms with E-state index >= 15 is 0 Å². The van der Waals surface area contributed by atoms with Crippen LogP contribution in [0.1, 0.15) is 5.89 Å². The van der Waals surface area contributed by atoms with Gasteiger partial charge in [0.1, 0.15) is 5.82 Å². The first-order valence-corrected chi connectivity index (χ1v) is 9.18. The number of nitrogens with zero attached hydrogens (tertiary/aromatic N) is 5. The fourth-order valence-corrected chi connectivity index (χ4v) is 3.40. The molecule has 0 aromatic carbocycles. The number of piperazine rings is 1. The molecule has 2 amide bonds. The van der Waals surface area contributed by atoms with Crippen LogP contribution in [0, 0.1) is 6.92 Å². The maximum atomic E-state index is 12.3. The Kier molecular flexibility index (Phi) is 4.53. The monoisotopic (exact) mass is 370 g/mol. The zero-order chi connectivity index (χ0) is 17.9. The summed E-state index contributed by atoms with van der Waals surface area (Å²) < 4.78 is 5.00. The number of rotatable bonds is 3. The van der Waals surface area contributed by atoms with Crippen LogP contribution in [0.2, 0.25) is 0 Å². The van der Waals surface area contributed by atoms with Crippen LogP contribution in [0.4, 0.5) is 15.6 Å². The van der Waals surface area contributed by atoms with Gasteiger partial charge in [-0.15, -0.1) is 11.3 Å². The number of urea groups is 1. The Bertz CT molecular complexity index is 869. The molecule has 4 heterocycles. The summed E-state index contributed by atoms with van der Waals surface area (Å²) in [5.41, 5.74) is 0.819. The highest BCUT2D eigenvalue weighted by atomic mass is 32.1. The van der Waals surface area contributed by atoms with Crippen molar-refractivity contribution in [2.45, 2.75) is 6.92 Å². The number of nitrogens with one attached hydrogen (secondary N) is 1. The van der Waals surface area contributed by atoms with Gasteiger partial charge >= 0.3 is 6.03 Å². The topological polar surface area (TPSA) is 87.4 Å². The molecule has 134 valence electrons. The Morgan fingerprint density at radius 3 is 2.69 bits per heavy atom. The van der Waals surface area contributed by atoms with Crippen LogP contribution in [-0.4, -0.2) is 52.2 Å². The van der Waals surface area contributed by atoms with Crippen molar-refractivity contribution in [3.8, 4) is 11.4 Å². The maximum Gasteiger partial charge on any atom is 0.322 e. The zero-order valence-electron chi connectivity index (χ0n) is 14.3. The van der Waals surface area contributed by atoms with Gasteiger partial charge in [0.05, 0.1) is 5.00 Å². The van der Waals surface area contributed by atoms with Crippen LogP contribution < -0.4 is 10.2 Å². The fraction of sp³-hybridized carbons (Fsp3) is 0.294. The molecule has 3 aromatic rings. The van der Waals surface area contributed by atoms with Crippen LogP contribution >= 0.6 is 11.3 Å². The molecule has 0 bridgehead atoms. The minimum absolute atomic E-state index is 0.0529. The lowest BCUT2D eigenvalue weighted by Gasteiger charge is -2.35. The SMILES string of the molecule is Cc1nc(-c2ccc(N3CCN(C(=O)Nc4cccs4)CC3)nc2)no1. The largest absolute Gasteiger partial charge is 0.353 e. The van der Waals surface area contributed by atoms with Crippen molar-refractivity contribution in [2.75, 3.05) is 36.4 Å². The molecule has 1 fully saturated rings. The van der Waals surface area contributed by atoms with E-state index in [1.807, 2.05) is 34.5 Å². The normalized spacial score (nSPS) is 14.5. The van der Waals surface area contributed by atoms with Crippen LogP contribution in [0.25, 0.3) is 11.4 Å². The van der Waals surface area contributed by atoms with Crippen LogP contribution in [0.15, 0.2) is 40.4 Å². The van der Waals surface area contributed by atoms with E-state index < -0.39 is 0 Å². The number of hydrogen-bond acceptors (Lipinski definition) is 7. The second-order valence-corrected chi connectivity index (χ2v) is 6.87. The quantitative estimate of drug-likeness (QED) is 0.763. The molecule has 0 saturated carbocycles. The van der Waals surface area contributed by atoms with Gasteiger partial charge in [-0.1, -0.05) is 5.16 Å². The zero-order valence-corrected chi connectivity index (χ0v) is 15.1. The molecule has 8 nitrogen and oxygen atoms in total. The minimum Gasteiger partial charge on any atom is -0.353 e. The Balaban J connectivity index is 1.35. The highest BCUT2D eigenvalue weighted by Gasteiger charge is 2.22. The summed E-state index contributed by atoms with van der Waals surface area (Å²) in [7, 11) is 0. The molecule has 0 radical (unpaired) electrons. The number of amides is 2.